The predicted octanol–water partition coefficient (Wildman–Crippen LogP) is 3.37. The largest absolute Gasteiger partial charge is 0.332 e. The molecule has 8 nitrogen and oxygen atoms in total. The van der Waals surface area contributed by atoms with Gasteiger partial charge in [0, 0.05) is 24.7 Å². The Morgan fingerprint density at radius 1 is 1.06 bits per heavy atom. The van der Waals surface area contributed by atoms with Crippen LogP contribution in [0.25, 0.3) is 11.2 Å². The van der Waals surface area contributed by atoms with E-state index in [-0.39, 0.29) is 34.2 Å². The molecule has 0 amide bonds. The maximum Gasteiger partial charge on any atom is 0.332 e. The van der Waals surface area contributed by atoms with E-state index in [1.54, 1.807) is 16.7 Å². The molecule has 0 unspecified atom stereocenters. The van der Waals surface area contributed by atoms with Gasteiger partial charge < -0.3 is 0 Å². The van der Waals surface area contributed by atoms with Gasteiger partial charge in [-0.15, -0.1) is 0 Å². The Hall–Kier alpha value is -3.43. The Morgan fingerprint density at radius 2 is 1.78 bits per heavy atom. The summed E-state index contributed by atoms with van der Waals surface area (Å²) in [4.78, 5) is 29.7. The van der Waals surface area contributed by atoms with E-state index in [9.17, 15) is 14.0 Å². The number of halogens is 3. The van der Waals surface area contributed by atoms with Crippen LogP contribution in [0.15, 0.2) is 57.2 Å². The molecule has 0 aliphatic carbocycles. The SMILES string of the molecule is Cn1c(=O)c2c(nc(N/N=C/c3c(F)cccc3Cl)n2Cc2ccccc2Cl)n(C)c1=O. The molecule has 0 radical (unpaired) electrons. The number of hydrogen-bond donors (Lipinski definition) is 1. The van der Waals surface area contributed by atoms with Crippen LogP contribution in [0.5, 0.6) is 0 Å². The van der Waals surface area contributed by atoms with Crippen molar-refractivity contribution >= 4 is 46.5 Å². The van der Waals surface area contributed by atoms with Crippen LogP contribution in [-0.4, -0.2) is 24.9 Å². The van der Waals surface area contributed by atoms with Crippen molar-refractivity contribution in [2.24, 2.45) is 19.2 Å². The van der Waals surface area contributed by atoms with Crippen molar-refractivity contribution in [3.8, 4) is 0 Å². The van der Waals surface area contributed by atoms with Crippen LogP contribution in [0.1, 0.15) is 11.1 Å². The minimum absolute atomic E-state index is 0.0961. The van der Waals surface area contributed by atoms with Crippen LogP contribution < -0.4 is 16.7 Å². The highest BCUT2D eigenvalue weighted by atomic mass is 35.5. The molecule has 4 aromatic rings. The highest BCUT2D eigenvalue weighted by Crippen LogP contribution is 2.22. The summed E-state index contributed by atoms with van der Waals surface area (Å²) in [6.45, 7) is 0.182. The van der Waals surface area contributed by atoms with Crippen molar-refractivity contribution in [3.05, 3.63) is 90.3 Å². The topological polar surface area (TPSA) is 86.2 Å². The zero-order chi connectivity index (χ0) is 23.0. The third kappa shape index (κ3) is 3.80. The monoisotopic (exact) mass is 474 g/mol. The normalized spacial score (nSPS) is 11.5. The van der Waals surface area contributed by atoms with Crippen LogP contribution in [0.3, 0.4) is 0 Å². The number of rotatable bonds is 5. The second-order valence-corrected chi connectivity index (χ2v) is 7.81. The molecule has 2 heterocycles. The molecule has 0 atom stereocenters. The third-order valence-electron chi connectivity index (χ3n) is 4.99. The molecule has 0 aliphatic rings. The lowest BCUT2D eigenvalue weighted by molar-refractivity contribution is 0.626. The summed E-state index contributed by atoms with van der Waals surface area (Å²) in [5.41, 5.74) is 2.89. The predicted molar refractivity (Wildman–Crippen MR) is 123 cm³/mol. The van der Waals surface area contributed by atoms with Crippen LogP contribution in [-0.2, 0) is 20.6 Å². The molecule has 164 valence electrons. The van der Waals surface area contributed by atoms with Crippen molar-refractivity contribution < 1.29 is 4.39 Å². The number of nitrogens with zero attached hydrogens (tertiary/aromatic N) is 5. The van der Waals surface area contributed by atoms with Crippen LogP contribution in [0.4, 0.5) is 10.3 Å². The summed E-state index contributed by atoms with van der Waals surface area (Å²) in [5, 5.41) is 4.74. The second kappa shape index (κ2) is 8.60. The molecule has 4 rings (SSSR count). The van der Waals surface area contributed by atoms with Gasteiger partial charge in [-0.05, 0) is 23.8 Å². The zero-order valence-corrected chi connectivity index (χ0v) is 18.5. The van der Waals surface area contributed by atoms with E-state index in [2.05, 4.69) is 15.5 Å². The molecule has 11 heteroatoms. The van der Waals surface area contributed by atoms with Crippen molar-refractivity contribution in [3.63, 3.8) is 0 Å². The van der Waals surface area contributed by atoms with Crippen molar-refractivity contribution in [1.29, 1.82) is 0 Å². The fourth-order valence-electron chi connectivity index (χ4n) is 3.27. The van der Waals surface area contributed by atoms with Gasteiger partial charge in [0.1, 0.15) is 5.82 Å². The first-order valence-corrected chi connectivity index (χ1v) is 10.2. The Morgan fingerprint density at radius 3 is 2.50 bits per heavy atom. The molecule has 0 fully saturated rings. The summed E-state index contributed by atoms with van der Waals surface area (Å²) < 4.78 is 17.9. The van der Waals surface area contributed by atoms with Crippen molar-refractivity contribution in [1.82, 2.24) is 18.7 Å². The lowest BCUT2D eigenvalue weighted by Gasteiger charge is -2.10. The number of benzene rings is 2. The summed E-state index contributed by atoms with van der Waals surface area (Å²) in [6.07, 6.45) is 1.22. The lowest BCUT2D eigenvalue weighted by atomic mass is 10.2. The maximum atomic E-state index is 14.0. The molecular formula is C21H17Cl2FN6O2. The van der Waals surface area contributed by atoms with E-state index in [0.29, 0.717) is 5.02 Å². The quantitative estimate of drug-likeness (QED) is 0.354. The van der Waals surface area contributed by atoms with Crippen LogP contribution in [0, 0.1) is 5.82 Å². The number of anilines is 1. The number of nitrogens with one attached hydrogen (secondary N) is 1. The van der Waals surface area contributed by atoms with E-state index in [1.807, 2.05) is 12.1 Å². The first kappa shape index (κ1) is 21.8. The van der Waals surface area contributed by atoms with Gasteiger partial charge in [0.2, 0.25) is 5.95 Å². The van der Waals surface area contributed by atoms with Crippen molar-refractivity contribution in [2.75, 3.05) is 5.43 Å². The molecule has 1 N–H and O–H groups in total. The number of fused-ring (bicyclic) bond motifs is 1. The van der Waals surface area contributed by atoms with Gasteiger partial charge >= 0.3 is 5.69 Å². The molecule has 0 saturated heterocycles. The van der Waals surface area contributed by atoms with Crippen LogP contribution in [0.2, 0.25) is 10.0 Å². The Labute approximate surface area is 191 Å². The molecule has 2 aromatic carbocycles. The minimum Gasteiger partial charge on any atom is -0.298 e. The van der Waals surface area contributed by atoms with E-state index in [4.69, 9.17) is 23.2 Å². The summed E-state index contributed by atoms with van der Waals surface area (Å²) in [6, 6.07) is 11.4. The number of aryl methyl sites for hydroxylation is 1. The second-order valence-electron chi connectivity index (χ2n) is 7.00. The standard InChI is InChI=1S/C21H17Cl2FN6O2/c1-28-18-17(19(31)29(2)21(28)32)30(11-12-6-3-4-7-14(12)22)20(26-18)27-25-10-13-15(23)8-5-9-16(13)24/h3-10H,11H2,1-2H3,(H,26,27)/b25-10+. The molecular weight excluding hydrogens is 458 g/mol. The van der Waals surface area contributed by atoms with E-state index in [1.165, 1.54) is 43.1 Å². The molecule has 32 heavy (non-hydrogen) atoms. The van der Waals surface area contributed by atoms with Gasteiger partial charge in [-0.2, -0.15) is 10.1 Å². The number of hydrazone groups is 1. The third-order valence-corrected chi connectivity index (χ3v) is 5.69. The van der Waals surface area contributed by atoms with Gasteiger partial charge in [0.05, 0.1) is 17.8 Å². The van der Waals surface area contributed by atoms with Crippen molar-refractivity contribution in [2.45, 2.75) is 6.54 Å². The molecule has 0 spiro atoms. The van der Waals surface area contributed by atoms with Gasteiger partial charge in [-0.25, -0.2) is 14.6 Å². The van der Waals surface area contributed by atoms with Crippen LogP contribution >= 0.6 is 23.2 Å². The van der Waals surface area contributed by atoms with Gasteiger partial charge in [0.25, 0.3) is 5.56 Å². The average molecular weight is 475 g/mol. The van der Waals surface area contributed by atoms with E-state index >= 15 is 0 Å². The Balaban J connectivity index is 1.86. The highest BCUT2D eigenvalue weighted by molar-refractivity contribution is 6.33. The smallest absolute Gasteiger partial charge is 0.298 e. The fraction of sp³-hybridized carbons (Fsp3) is 0.143. The summed E-state index contributed by atoms with van der Waals surface area (Å²) in [7, 11) is 2.91. The molecule has 0 aliphatic heterocycles. The minimum atomic E-state index is -0.538. The average Bonchev–Trinajstić information content (AvgIpc) is 3.12. The molecule has 0 saturated carbocycles. The summed E-state index contributed by atoms with van der Waals surface area (Å²) in [5.74, 6) is -0.370. The number of imidazole rings is 1. The Kier molecular flexibility index (Phi) is 5.86. The van der Waals surface area contributed by atoms with Gasteiger partial charge in [0.15, 0.2) is 11.2 Å². The zero-order valence-electron chi connectivity index (χ0n) is 17.0. The van der Waals surface area contributed by atoms with Gasteiger partial charge in [-0.1, -0.05) is 47.5 Å². The number of hydrogen-bond acceptors (Lipinski definition) is 5. The highest BCUT2D eigenvalue weighted by Gasteiger charge is 2.20. The maximum absolute atomic E-state index is 14.0. The molecule has 0 bridgehead atoms. The Bertz CT molecular complexity index is 1470. The lowest BCUT2D eigenvalue weighted by Crippen LogP contribution is -2.37. The van der Waals surface area contributed by atoms with Gasteiger partial charge in [-0.3, -0.25) is 18.5 Å². The first-order chi connectivity index (χ1) is 15.3. The fourth-order valence-corrected chi connectivity index (χ4v) is 3.68. The summed E-state index contributed by atoms with van der Waals surface area (Å²) >= 11 is 12.3. The molecule has 2 aromatic heterocycles. The first-order valence-electron chi connectivity index (χ1n) is 9.42. The number of aromatic nitrogens is 4. The van der Waals surface area contributed by atoms with E-state index < -0.39 is 17.1 Å². The van der Waals surface area contributed by atoms with E-state index in [0.717, 1.165) is 10.1 Å².